The highest BCUT2D eigenvalue weighted by Crippen LogP contribution is 2.27. The molecule has 1 atom stereocenters. The van der Waals surface area contributed by atoms with Crippen molar-refractivity contribution < 1.29 is 8.78 Å². The molecule has 2 N–H and O–H groups in total. The van der Waals surface area contributed by atoms with Crippen LogP contribution in [0.3, 0.4) is 0 Å². The molecule has 0 heterocycles. The summed E-state index contributed by atoms with van der Waals surface area (Å²) in [6, 6.07) is 3.47. The maximum atomic E-state index is 13.8. The molecule has 1 rings (SSSR count). The fourth-order valence-corrected chi connectivity index (χ4v) is 2.21. The largest absolute Gasteiger partial charge is 0.329 e. The molecule has 0 aromatic heterocycles. The van der Waals surface area contributed by atoms with Crippen molar-refractivity contribution in [3.8, 4) is 0 Å². The van der Waals surface area contributed by atoms with Crippen molar-refractivity contribution in [2.75, 3.05) is 20.1 Å². The molecule has 0 saturated heterocycles. The third kappa shape index (κ3) is 3.75. The number of benzene rings is 1. The van der Waals surface area contributed by atoms with Crippen LogP contribution in [0.1, 0.15) is 32.4 Å². The number of halogens is 2. The van der Waals surface area contributed by atoms with Crippen LogP contribution in [-0.4, -0.2) is 25.0 Å². The molecule has 0 amide bonds. The van der Waals surface area contributed by atoms with Gasteiger partial charge >= 0.3 is 0 Å². The Morgan fingerprint density at radius 3 is 2.11 bits per heavy atom. The van der Waals surface area contributed by atoms with Gasteiger partial charge in [-0.1, -0.05) is 26.8 Å². The summed E-state index contributed by atoms with van der Waals surface area (Å²) >= 11 is 0. The average molecular weight is 256 g/mol. The lowest BCUT2D eigenvalue weighted by Crippen LogP contribution is -2.37. The lowest BCUT2D eigenvalue weighted by Gasteiger charge is -2.33. The first-order chi connectivity index (χ1) is 8.26. The van der Waals surface area contributed by atoms with E-state index >= 15 is 0 Å². The van der Waals surface area contributed by atoms with Crippen LogP contribution in [0, 0.1) is 17.0 Å². The Kier molecular flexibility index (Phi) is 4.82. The van der Waals surface area contributed by atoms with E-state index in [0.29, 0.717) is 6.54 Å². The summed E-state index contributed by atoms with van der Waals surface area (Å²) in [5.41, 5.74) is 5.79. The van der Waals surface area contributed by atoms with Crippen LogP contribution in [0.2, 0.25) is 0 Å². The molecule has 4 heteroatoms. The Morgan fingerprint density at radius 2 is 1.72 bits per heavy atom. The molecular weight excluding hydrogens is 234 g/mol. The molecule has 0 fully saturated rings. The molecule has 0 aliphatic rings. The van der Waals surface area contributed by atoms with Crippen molar-refractivity contribution in [3.05, 3.63) is 35.4 Å². The van der Waals surface area contributed by atoms with Crippen molar-refractivity contribution in [2.45, 2.75) is 26.8 Å². The zero-order chi connectivity index (χ0) is 13.9. The predicted octanol–water partition coefficient (Wildman–Crippen LogP) is 2.94. The number of hydrogen-bond acceptors (Lipinski definition) is 2. The highest BCUT2D eigenvalue weighted by molar-refractivity contribution is 5.23. The van der Waals surface area contributed by atoms with E-state index in [0.717, 1.165) is 0 Å². The summed E-state index contributed by atoms with van der Waals surface area (Å²) in [5.74, 6) is -1.07. The number of nitrogens with two attached hydrogens (primary N) is 1. The van der Waals surface area contributed by atoms with E-state index in [4.69, 9.17) is 5.73 Å². The zero-order valence-electron chi connectivity index (χ0n) is 11.5. The molecule has 2 nitrogen and oxygen atoms in total. The molecule has 0 aliphatic carbocycles. The van der Waals surface area contributed by atoms with E-state index in [1.54, 1.807) is 0 Å². The summed E-state index contributed by atoms with van der Waals surface area (Å²) in [7, 11) is 1.84. The maximum Gasteiger partial charge on any atom is 0.130 e. The van der Waals surface area contributed by atoms with Gasteiger partial charge in [-0.3, -0.25) is 4.90 Å². The van der Waals surface area contributed by atoms with Crippen LogP contribution in [0.15, 0.2) is 18.2 Å². The molecule has 0 spiro atoms. The lowest BCUT2D eigenvalue weighted by atomic mass is 9.94. The first kappa shape index (κ1) is 15.1. The number of likely N-dealkylation sites (N-methyl/N-ethyl adjacent to an activating group) is 1. The molecule has 0 saturated carbocycles. The molecule has 1 aromatic rings. The maximum absolute atomic E-state index is 13.8. The van der Waals surface area contributed by atoms with Crippen molar-refractivity contribution in [3.63, 3.8) is 0 Å². The predicted molar refractivity (Wildman–Crippen MR) is 70.2 cm³/mol. The third-order valence-electron chi connectivity index (χ3n) is 2.81. The topological polar surface area (TPSA) is 29.3 Å². The van der Waals surface area contributed by atoms with Crippen LogP contribution in [0.5, 0.6) is 0 Å². The highest BCUT2D eigenvalue weighted by atomic mass is 19.1. The van der Waals surface area contributed by atoms with Gasteiger partial charge < -0.3 is 5.73 Å². The molecule has 0 bridgehead atoms. The van der Waals surface area contributed by atoms with Crippen molar-refractivity contribution in [1.29, 1.82) is 0 Å². The molecule has 1 unspecified atom stereocenters. The van der Waals surface area contributed by atoms with Gasteiger partial charge in [-0.2, -0.15) is 0 Å². The second-order valence-electron chi connectivity index (χ2n) is 5.86. The fourth-order valence-electron chi connectivity index (χ4n) is 2.21. The smallest absolute Gasteiger partial charge is 0.130 e. The van der Waals surface area contributed by atoms with Gasteiger partial charge in [0.05, 0.1) is 6.04 Å². The van der Waals surface area contributed by atoms with Gasteiger partial charge in [-0.05, 0) is 24.6 Å². The van der Waals surface area contributed by atoms with Gasteiger partial charge in [0.15, 0.2) is 0 Å². The minimum Gasteiger partial charge on any atom is -0.329 e. The summed E-state index contributed by atoms with van der Waals surface area (Å²) < 4.78 is 27.5. The molecule has 0 aliphatic heterocycles. The van der Waals surface area contributed by atoms with Crippen LogP contribution < -0.4 is 5.73 Å². The van der Waals surface area contributed by atoms with Gasteiger partial charge in [0.25, 0.3) is 0 Å². The van der Waals surface area contributed by atoms with E-state index in [9.17, 15) is 8.78 Å². The standard InChI is InChI=1S/C14H22F2N2/c1-14(2,3)9-18(4)12(8-17)13-10(15)6-5-7-11(13)16/h5-7,12H,8-9,17H2,1-4H3. The van der Waals surface area contributed by atoms with E-state index < -0.39 is 17.7 Å². The average Bonchev–Trinajstić information content (AvgIpc) is 2.20. The SMILES string of the molecule is CN(CC(C)(C)C)C(CN)c1c(F)cccc1F. The number of rotatable bonds is 4. The normalized spacial score (nSPS) is 14.0. The fraction of sp³-hybridized carbons (Fsp3) is 0.571. The quantitative estimate of drug-likeness (QED) is 0.897. The molecule has 0 radical (unpaired) electrons. The minimum absolute atomic E-state index is 0.0455. The molecule has 1 aromatic carbocycles. The van der Waals surface area contributed by atoms with Crippen LogP contribution in [0.4, 0.5) is 8.78 Å². The number of hydrogen-bond donors (Lipinski definition) is 1. The summed E-state index contributed by atoms with van der Waals surface area (Å²) in [5, 5.41) is 0. The first-order valence-electron chi connectivity index (χ1n) is 6.10. The van der Waals surface area contributed by atoms with Crippen molar-refractivity contribution >= 4 is 0 Å². The van der Waals surface area contributed by atoms with Crippen molar-refractivity contribution in [2.24, 2.45) is 11.1 Å². The van der Waals surface area contributed by atoms with E-state index in [-0.39, 0.29) is 17.5 Å². The Labute approximate surface area is 108 Å². The Hall–Kier alpha value is -1.00. The second-order valence-corrected chi connectivity index (χ2v) is 5.86. The van der Waals surface area contributed by atoms with Crippen molar-refractivity contribution in [1.82, 2.24) is 4.90 Å². The first-order valence-corrected chi connectivity index (χ1v) is 6.10. The third-order valence-corrected chi connectivity index (χ3v) is 2.81. The Balaban J connectivity index is 3.03. The highest BCUT2D eigenvalue weighted by Gasteiger charge is 2.25. The van der Waals surface area contributed by atoms with Crippen LogP contribution in [0.25, 0.3) is 0 Å². The van der Waals surface area contributed by atoms with Crippen LogP contribution in [-0.2, 0) is 0 Å². The van der Waals surface area contributed by atoms with E-state index in [2.05, 4.69) is 20.8 Å². The molecule has 102 valence electrons. The second kappa shape index (κ2) is 5.76. The van der Waals surface area contributed by atoms with Gasteiger partial charge in [0.2, 0.25) is 0 Å². The van der Waals surface area contributed by atoms with Gasteiger partial charge in [0, 0.05) is 18.7 Å². The summed E-state index contributed by atoms with van der Waals surface area (Å²) in [6.07, 6.45) is 0. The van der Waals surface area contributed by atoms with Crippen LogP contribution >= 0.6 is 0 Å². The lowest BCUT2D eigenvalue weighted by molar-refractivity contribution is 0.170. The monoisotopic (exact) mass is 256 g/mol. The summed E-state index contributed by atoms with van der Waals surface area (Å²) in [4.78, 5) is 1.90. The minimum atomic E-state index is -0.536. The Morgan fingerprint density at radius 1 is 1.22 bits per heavy atom. The van der Waals surface area contributed by atoms with Gasteiger partial charge in [-0.25, -0.2) is 8.78 Å². The summed E-state index contributed by atoms with van der Waals surface area (Å²) in [6.45, 7) is 7.13. The molecule has 18 heavy (non-hydrogen) atoms. The number of nitrogens with zero attached hydrogens (tertiary/aromatic N) is 1. The van der Waals surface area contributed by atoms with Gasteiger partial charge in [-0.15, -0.1) is 0 Å². The van der Waals surface area contributed by atoms with E-state index in [1.807, 2.05) is 11.9 Å². The Bertz CT molecular complexity index is 379. The van der Waals surface area contributed by atoms with Gasteiger partial charge in [0.1, 0.15) is 11.6 Å². The van der Waals surface area contributed by atoms with E-state index in [1.165, 1.54) is 18.2 Å². The molecular formula is C14H22F2N2. The zero-order valence-corrected chi connectivity index (χ0v) is 11.5.